The van der Waals surface area contributed by atoms with E-state index in [9.17, 15) is 4.79 Å². The van der Waals surface area contributed by atoms with Gasteiger partial charge in [-0.25, -0.2) is 9.97 Å². The molecule has 1 aliphatic carbocycles. The van der Waals surface area contributed by atoms with Crippen molar-refractivity contribution in [1.29, 1.82) is 0 Å². The van der Waals surface area contributed by atoms with Gasteiger partial charge in [-0.2, -0.15) is 0 Å². The third-order valence-electron chi connectivity index (χ3n) is 4.96. The molecule has 2 aliphatic rings. The number of hydrogen-bond donors (Lipinski definition) is 0. The zero-order valence-electron chi connectivity index (χ0n) is 14.3. The molecule has 128 valence electrons. The maximum atomic E-state index is 12.8. The highest BCUT2D eigenvalue weighted by Crippen LogP contribution is 2.41. The van der Waals surface area contributed by atoms with E-state index in [-0.39, 0.29) is 5.91 Å². The molecule has 1 saturated heterocycles. The lowest BCUT2D eigenvalue weighted by molar-refractivity contribution is 0.0672. The van der Waals surface area contributed by atoms with Crippen molar-refractivity contribution in [2.75, 3.05) is 13.1 Å². The van der Waals surface area contributed by atoms with Crippen molar-refractivity contribution in [3.8, 4) is 0 Å². The summed E-state index contributed by atoms with van der Waals surface area (Å²) in [5, 5.41) is 3.08. The summed E-state index contributed by atoms with van der Waals surface area (Å²) in [4.78, 5) is 23.9. The molecule has 1 amide bonds. The van der Waals surface area contributed by atoms with Crippen LogP contribution in [0.15, 0.2) is 17.8 Å². The molecule has 2 fully saturated rings. The Bertz CT molecular complexity index is 731. The molecular weight excluding hydrogens is 320 g/mol. The molecule has 0 bridgehead atoms. The standard InChI is InChI=1S/C18H24N4OS/c1-12(2)16-19-7-9-22(16)14-4-3-8-21(10-14)18(23)15-11-24-17(20-15)13-5-6-13/h7,9,11-14H,3-6,8,10H2,1-2H3/t14-/m1/s1. The maximum absolute atomic E-state index is 12.8. The van der Waals surface area contributed by atoms with Crippen LogP contribution < -0.4 is 0 Å². The summed E-state index contributed by atoms with van der Waals surface area (Å²) >= 11 is 1.64. The molecule has 6 heteroatoms. The Balaban J connectivity index is 1.49. The van der Waals surface area contributed by atoms with Crippen LogP contribution in [0.3, 0.4) is 0 Å². The van der Waals surface area contributed by atoms with E-state index in [2.05, 4.69) is 34.6 Å². The van der Waals surface area contributed by atoms with Gasteiger partial charge in [-0.15, -0.1) is 11.3 Å². The number of piperidine rings is 1. The fraction of sp³-hybridized carbons (Fsp3) is 0.611. The number of hydrogen-bond acceptors (Lipinski definition) is 4. The predicted molar refractivity (Wildman–Crippen MR) is 94.6 cm³/mol. The SMILES string of the molecule is CC(C)c1nccn1[C@@H]1CCCN(C(=O)c2csc(C3CC3)n2)C1. The van der Waals surface area contributed by atoms with Gasteiger partial charge in [0.25, 0.3) is 5.91 Å². The molecule has 1 atom stereocenters. The molecule has 1 saturated carbocycles. The minimum absolute atomic E-state index is 0.0917. The number of amides is 1. The van der Waals surface area contributed by atoms with Crippen LogP contribution in [-0.4, -0.2) is 38.4 Å². The first-order valence-corrected chi connectivity index (χ1v) is 9.79. The van der Waals surface area contributed by atoms with Crippen LogP contribution in [0.25, 0.3) is 0 Å². The molecule has 0 N–H and O–H groups in total. The normalized spacial score (nSPS) is 21.5. The predicted octanol–water partition coefficient (Wildman–Crippen LogP) is 3.82. The number of carbonyl (C=O) groups is 1. The summed E-state index contributed by atoms with van der Waals surface area (Å²) in [5.74, 6) is 2.21. The van der Waals surface area contributed by atoms with Crippen molar-refractivity contribution in [3.63, 3.8) is 0 Å². The van der Waals surface area contributed by atoms with Gasteiger partial charge in [0.1, 0.15) is 11.5 Å². The van der Waals surface area contributed by atoms with Gasteiger partial charge in [-0.1, -0.05) is 13.8 Å². The van der Waals surface area contributed by atoms with E-state index >= 15 is 0 Å². The summed E-state index contributed by atoms with van der Waals surface area (Å²) in [6.45, 7) is 5.92. The number of likely N-dealkylation sites (tertiary alicyclic amines) is 1. The number of thiazole rings is 1. The zero-order chi connectivity index (χ0) is 16.7. The number of carbonyl (C=O) groups excluding carboxylic acids is 1. The Hall–Kier alpha value is -1.69. The average Bonchev–Trinajstić information content (AvgIpc) is 3.13. The first-order valence-electron chi connectivity index (χ1n) is 8.91. The second-order valence-electron chi connectivity index (χ2n) is 7.24. The lowest BCUT2D eigenvalue weighted by Crippen LogP contribution is -2.41. The van der Waals surface area contributed by atoms with Crippen LogP contribution in [0, 0.1) is 0 Å². The molecule has 5 nitrogen and oxygen atoms in total. The van der Waals surface area contributed by atoms with Crippen molar-refractivity contribution in [1.82, 2.24) is 19.4 Å². The van der Waals surface area contributed by atoms with Gasteiger partial charge < -0.3 is 9.47 Å². The average molecular weight is 344 g/mol. The summed E-state index contributed by atoms with van der Waals surface area (Å²) in [6, 6.07) is 0.323. The molecule has 0 spiro atoms. The Morgan fingerprint density at radius 2 is 2.17 bits per heavy atom. The fourth-order valence-electron chi connectivity index (χ4n) is 3.51. The number of rotatable bonds is 4. The molecule has 0 aromatic carbocycles. The maximum Gasteiger partial charge on any atom is 0.273 e. The molecule has 4 rings (SSSR count). The lowest BCUT2D eigenvalue weighted by Gasteiger charge is -2.34. The molecule has 0 radical (unpaired) electrons. The van der Waals surface area contributed by atoms with Crippen LogP contribution in [0.2, 0.25) is 0 Å². The van der Waals surface area contributed by atoms with Gasteiger partial charge in [-0.3, -0.25) is 4.79 Å². The van der Waals surface area contributed by atoms with Crippen molar-refractivity contribution in [2.45, 2.75) is 57.4 Å². The van der Waals surface area contributed by atoms with E-state index in [0.717, 1.165) is 36.8 Å². The second-order valence-corrected chi connectivity index (χ2v) is 8.13. The van der Waals surface area contributed by atoms with Crippen LogP contribution in [0.5, 0.6) is 0 Å². The summed E-state index contributed by atoms with van der Waals surface area (Å²) in [7, 11) is 0. The summed E-state index contributed by atoms with van der Waals surface area (Å²) < 4.78 is 2.26. The van der Waals surface area contributed by atoms with Gasteiger partial charge in [-0.05, 0) is 25.7 Å². The van der Waals surface area contributed by atoms with Crippen LogP contribution in [0.1, 0.15) is 78.7 Å². The van der Waals surface area contributed by atoms with Gasteiger partial charge in [0, 0.05) is 42.7 Å². The Morgan fingerprint density at radius 1 is 1.33 bits per heavy atom. The number of nitrogens with zero attached hydrogens (tertiary/aromatic N) is 4. The Kier molecular flexibility index (Phi) is 4.16. The molecular formula is C18H24N4OS. The topological polar surface area (TPSA) is 51.0 Å². The van der Waals surface area contributed by atoms with Crippen molar-refractivity contribution in [2.24, 2.45) is 0 Å². The quantitative estimate of drug-likeness (QED) is 0.847. The first kappa shape index (κ1) is 15.8. The van der Waals surface area contributed by atoms with E-state index in [1.54, 1.807) is 11.3 Å². The highest BCUT2D eigenvalue weighted by Gasteiger charge is 2.31. The van der Waals surface area contributed by atoms with E-state index in [1.807, 2.05) is 16.5 Å². The largest absolute Gasteiger partial charge is 0.335 e. The van der Waals surface area contributed by atoms with Crippen LogP contribution in [-0.2, 0) is 0 Å². The van der Waals surface area contributed by atoms with Crippen LogP contribution >= 0.6 is 11.3 Å². The zero-order valence-corrected chi connectivity index (χ0v) is 15.1. The van der Waals surface area contributed by atoms with Crippen molar-refractivity contribution < 1.29 is 4.79 Å². The lowest BCUT2D eigenvalue weighted by atomic mass is 10.0. The van der Waals surface area contributed by atoms with Crippen molar-refractivity contribution in [3.05, 3.63) is 34.3 Å². The van der Waals surface area contributed by atoms with E-state index in [1.165, 1.54) is 12.8 Å². The minimum Gasteiger partial charge on any atom is -0.335 e. The minimum atomic E-state index is 0.0917. The third-order valence-corrected chi connectivity index (χ3v) is 5.97. The smallest absolute Gasteiger partial charge is 0.273 e. The molecule has 2 aromatic rings. The monoisotopic (exact) mass is 344 g/mol. The summed E-state index contributed by atoms with van der Waals surface area (Å²) in [5.41, 5.74) is 0.636. The van der Waals surface area contributed by atoms with E-state index in [0.29, 0.717) is 23.6 Å². The Labute approximate surface area is 146 Å². The van der Waals surface area contributed by atoms with Gasteiger partial charge in [0.15, 0.2) is 0 Å². The summed E-state index contributed by atoms with van der Waals surface area (Å²) in [6.07, 6.45) is 8.52. The van der Waals surface area contributed by atoms with Gasteiger partial charge in [0.2, 0.25) is 0 Å². The van der Waals surface area contributed by atoms with Crippen LogP contribution in [0.4, 0.5) is 0 Å². The fourth-order valence-corrected chi connectivity index (χ4v) is 4.48. The van der Waals surface area contributed by atoms with E-state index < -0.39 is 0 Å². The third kappa shape index (κ3) is 2.99. The highest BCUT2D eigenvalue weighted by atomic mass is 32.1. The Morgan fingerprint density at radius 3 is 2.92 bits per heavy atom. The molecule has 24 heavy (non-hydrogen) atoms. The molecule has 0 unspecified atom stereocenters. The number of imidazole rings is 1. The highest BCUT2D eigenvalue weighted by molar-refractivity contribution is 7.10. The molecule has 1 aliphatic heterocycles. The molecule has 2 aromatic heterocycles. The van der Waals surface area contributed by atoms with Crippen molar-refractivity contribution >= 4 is 17.2 Å². The molecule has 3 heterocycles. The van der Waals surface area contributed by atoms with E-state index in [4.69, 9.17) is 0 Å². The number of aromatic nitrogens is 3. The first-order chi connectivity index (χ1) is 11.6. The van der Waals surface area contributed by atoms with Gasteiger partial charge in [0.05, 0.1) is 11.0 Å². The second kappa shape index (κ2) is 6.31. The van der Waals surface area contributed by atoms with Gasteiger partial charge >= 0.3 is 0 Å².